The van der Waals surface area contributed by atoms with Crippen molar-refractivity contribution in [3.63, 3.8) is 0 Å². The Balaban J connectivity index is 1.81. The van der Waals surface area contributed by atoms with E-state index >= 15 is 0 Å². The highest BCUT2D eigenvalue weighted by molar-refractivity contribution is 5.91. The lowest BCUT2D eigenvalue weighted by Gasteiger charge is -2.30. The van der Waals surface area contributed by atoms with Gasteiger partial charge in [0.25, 0.3) is 6.43 Å². The molecule has 2 aromatic rings. The first kappa shape index (κ1) is 23.3. The molecule has 8 nitrogen and oxygen atoms in total. The lowest BCUT2D eigenvalue weighted by Crippen LogP contribution is -2.49. The zero-order chi connectivity index (χ0) is 23.4. The van der Waals surface area contributed by atoms with Crippen molar-refractivity contribution in [1.82, 2.24) is 15.4 Å². The number of halogens is 2. The Kier molecular flexibility index (Phi) is 7.20. The fraction of sp³-hybridized carbons (Fsp3) is 0.455. The van der Waals surface area contributed by atoms with Gasteiger partial charge in [-0.15, -0.1) is 0 Å². The molecule has 2 amide bonds. The van der Waals surface area contributed by atoms with Crippen molar-refractivity contribution in [2.24, 2.45) is 5.92 Å². The lowest BCUT2D eigenvalue weighted by atomic mass is 9.91. The van der Waals surface area contributed by atoms with E-state index in [1.807, 2.05) is 19.9 Å². The molecular formula is C22H24F2N4O4. The monoisotopic (exact) mass is 446 g/mol. The van der Waals surface area contributed by atoms with E-state index < -0.39 is 42.3 Å². The summed E-state index contributed by atoms with van der Waals surface area (Å²) in [6.07, 6.45) is -2.54. The van der Waals surface area contributed by atoms with Crippen LogP contribution in [0.4, 0.5) is 8.78 Å². The molecule has 1 aliphatic rings. The maximum absolute atomic E-state index is 13.7. The number of alkyl halides is 2. The van der Waals surface area contributed by atoms with Crippen LogP contribution in [0.2, 0.25) is 0 Å². The summed E-state index contributed by atoms with van der Waals surface area (Å²) in [5.41, 5.74) is 0.432. The molecule has 1 saturated heterocycles. The van der Waals surface area contributed by atoms with Crippen LogP contribution in [-0.2, 0) is 9.59 Å². The topological polar surface area (TPSA) is 119 Å². The van der Waals surface area contributed by atoms with Crippen molar-refractivity contribution < 1.29 is 28.0 Å². The van der Waals surface area contributed by atoms with Gasteiger partial charge >= 0.3 is 0 Å². The van der Waals surface area contributed by atoms with Crippen molar-refractivity contribution in [2.75, 3.05) is 6.54 Å². The number of hydrogen-bond donors (Lipinski definition) is 2. The van der Waals surface area contributed by atoms with Crippen LogP contribution in [-0.4, -0.2) is 52.1 Å². The lowest BCUT2D eigenvalue weighted by molar-refractivity contribution is -0.141. The predicted molar refractivity (Wildman–Crippen MR) is 108 cm³/mol. The minimum absolute atomic E-state index is 0.0673. The number of nitriles is 1. The fourth-order valence-corrected chi connectivity index (χ4v) is 3.91. The van der Waals surface area contributed by atoms with Crippen LogP contribution in [0, 0.1) is 17.2 Å². The van der Waals surface area contributed by atoms with E-state index in [0.717, 1.165) is 0 Å². The number of amides is 2. The Morgan fingerprint density at radius 2 is 1.97 bits per heavy atom. The summed E-state index contributed by atoms with van der Waals surface area (Å²) in [5, 5.41) is 25.0. The highest BCUT2D eigenvalue weighted by Gasteiger charge is 2.44. The van der Waals surface area contributed by atoms with Crippen molar-refractivity contribution in [3.8, 4) is 6.07 Å². The van der Waals surface area contributed by atoms with Crippen LogP contribution in [0.25, 0.3) is 0 Å². The van der Waals surface area contributed by atoms with Crippen molar-refractivity contribution in [1.29, 1.82) is 5.26 Å². The molecule has 2 heterocycles. The molecule has 1 fully saturated rings. The van der Waals surface area contributed by atoms with Crippen LogP contribution < -0.4 is 5.32 Å². The molecule has 0 radical (unpaired) electrons. The van der Waals surface area contributed by atoms with Crippen LogP contribution in [0.3, 0.4) is 0 Å². The van der Waals surface area contributed by atoms with Gasteiger partial charge in [0.15, 0.2) is 0 Å². The summed E-state index contributed by atoms with van der Waals surface area (Å²) >= 11 is 0. The summed E-state index contributed by atoms with van der Waals surface area (Å²) in [6, 6.07) is 6.19. The summed E-state index contributed by atoms with van der Waals surface area (Å²) in [5.74, 6) is -1.83. The summed E-state index contributed by atoms with van der Waals surface area (Å²) in [7, 11) is 0. The molecule has 0 spiro atoms. The van der Waals surface area contributed by atoms with Gasteiger partial charge < -0.3 is 19.8 Å². The second-order valence-corrected chi connectivity index (χ2v) is 8.09. The third-order valence-corrected chi connectivity index (χ3v) is 5.51. The molecule has 170 valence electrons. The number of carbonyl (C=O) groups excluding carboxylic acids is 2. The molecule has 3 rings (SSSR count). The van der Waals surface area contributed by atoms with Gasteiger partial charge in [0.05, 0.1) is 23.9 Å². The SMILES string of the molecule is CC(C)[C@@H](C(=O)N1C[C@H](O)C[C@H]1C(=O)NC(c1ccc(C#N)cc1)C(F)F)c1ccno1. The number of likely N-dealkylation sites (tertiary alicyclic amines) is 1. The molecule has 1 aromatic heterocycles. The Morgan fingerprint density at radius 3 is 2.50 bits per heavy atom. The van der Waals surface area contributed by atoms with E-state index in [1.165, 1.54) is 35.4 Å². The number of hydrogen-bond acceptors (Lipinski definition) is 6. The average Bonchev–Trinajstić information content (AvgIpc) is 3.41. The smallest absolute Gasteiger partial charge is 0.262 e. The molecule has 10 heteroatoms. The number of rotatable bonds is 7. The van der Waals surface area contributed by atoms with Gasteiger partial charge in [-0.25, -0.2) is 8.78 Å². The van der Waals surface area contributed by atoms with E-state index in [-0.39, 0.29) is 24.4 Å². The van der Waals surface area contributed by atoms with E-state index in [4.69, 9.17) is 9.78 Å². The van der Waals surface area contributed by atoms with Crippen molar-refractivity contribution >= 4 is 11.8 Å². The Hall–Kier alpha value is -3.32. The van der Waals surface area contributed by atoms with E-state index in [1.54, 1.807) is 6.07 Å². The summed E-state index contributed by atoms with van der Waals surface area (Å²) in [6.45, 7) is 3.53. The molecule has 0 bridgehead atoms. The number of aromatic nitrogens is 1. The minimum Gasteiger partial charge on any atom is -0.391 e. The molecule has 1 aromatic carbocycles. The first-order valence-corrected chi connectivity index (χ1v) is 10.2. The van der Waals surface area contributed by atoms with Gasteiger partial charge in [-0.1, -0.05) is 31.1 Å². The number of aliphatic hydroxyl groups is 1. The number of benzene rings is 1. The van der Waals surface area contributed by atoms with Crippen LogP contribution in [0.5, 0.6) is 0 Å². The minimum atomic E-state index is -2.92. The molecule has 2 N–H and O–H groups in total. The Bertz CT molecular complexity index is 973. The first-order valence-electron chi connectivity index (χ1n) is 10.2. The average molecular weight is 446 g/mol. The highest BCUT2D eigenvalue weighted by atomic mass is 19.3. The third kappa shape index (κ3) is 4.94. The second kappa shape index (κ2) is 9.87. The van der Waals surface area contributed by atoms with Crippen molar-refractivity contribution in [2.45, 2.75) is 50.8 Å². The van der Waals surface area contributed by atoms with E-state index in [2.05, 4.69) is 10.5 Å². The maximum Gasteiger partial charge on any atom is 0.262 e. The molecule has 32 heavy (non-hydrogen) atoms. The number of carbonyl (C=O) groups is 2. The Labute approximate surface area is 183 Å². The highest BCUT2D eigenvalue weighted by Crippen LogP contribution is 2.31. The molecule has 0 aliphatic carbocycles. The third-order valence-electron chi connectivity index (χ3n) is 5.51. The van der Waals surface area contributed by atoms with Gasteiger partial charge in [0, 0.05) is 19.0 Å². The van der Waals surface area contributed by atoms with Gasteiger partial charge in [-0.2, -0.15) is 5.26 Å². The quantitative estimate of drug-likeness (QED) is 0.674. The molecular weight excluding hydrogens is 422 g/mol. The van der Waals surface area contributed by atoms with Crippen LogP contribution >= 0.6 is 0 Å². The largest absolute Gasteiger partial charge is 0.391 e. The van der Waals surface area contributed by atoms with Gasteiger partial charge in [0.2, 0.25) is 11.8 Å². The summed E-state index contributed by atoms with van der Waals surface area (Å²) < 4.78 is 32.6. The predicted octanol–water partition coefficient (Wildman–Crippen LogP) is 2.37. The standard InChI is InChI=1S/C22H24F2N4O4/c1-12(2)18(17-7-8-26-32-17)22(31)28-11-15(29)9-16(28)21(30)27-19(20(23)24)14-5-3-13(10-25)4-6-14/h3-8,12,15-16,18-20,29H,9,11H2,1-2H3,(H,27,30)/t15-,16+,18-,19?/m1/s1. The number of nitrogens with one attached hydrogen (secondary N) is 1. The second-order valence-electron chi connectivity index (χ2n) is 8.09. The number of β-amino-alcohol motifs (C(OH)–C–C–N with tert-alkyl or cyclic N) is 1. The molecule has 4 atom stereocenters. The van der Waals surface area contributed by atoms with Crippen LogP contribution in [0.1, 0.15) is 49.1 Å². The molecule has 1 unspecified atom stereocenters. The fourth-order valence-electron chi connectivity index (χ4n) is 3.91. The van der Waals surface area contributed by atoms with Gasteiger partial charge in [0.1, 0.15) is 23.8 Å². The maximum atomic E-state index is 13.7. The Morgan fingerprint density at radius 1 is 1.28 bits per heavy atom. The van der Waals surface area contributed by atoms with Gasteiger partial charge in [-0.05, 0) is 23.6 Å². The molecule has 0 saturated carbocycles. The normalized spacial score (nSPS) is 20.2. The number of nitrogens with zero attached hydrogens (tertiary/aromatic N) is 3. The van der Waals surface area contributed by atoms with Crippen LogP contribution in [0.15, 0.2) is 41.1 Å². The number of aliphatic hydroxyl groups excluding tert-OH is 1. The zero-order valence-corrected chi connectivity index (χ0v) is 17.6. The summed E-state index contributed by atoms with van der Waals surface area (Å²) in [4.78, 5) is 27.4. The van der Waals surface area contributed by atoms with E-state index in [9.17, 15) is 23.5 Å². The van der Waals surface area contributed by atoms with E-state index in [0.29, 0.717) is 11.3 Å². The first-order chi connectivity index (χ1) is 15.2. The zero-order valence-electron chi connectivity index (χ0n) is 17.6. The van der Waals surface area contributed by atoms with Gasteiger partial charge in [-0.3, -0.25) is 9.59 Å². The molecule has 1 aliphatic heterocycles. The van der Waals surface area contributed by atoms with Crippen molar-refractivity contribution in [3.05, 3.63) is 53.4 Å².